The molecule has 32 heavy (non-hydrogen) atoms. The summed E-state index contributed by atoms with van der Waals surface area (Å²) in [4.78, 5) is 27.9. The van der Waals surface area contributed by atoms with Gasteiger partial charge in [-0.2, -0.15) is 0 Å². The molecular weight excluding hydrogens is 422 g/mol. The summed E-state index contributed by atoms with van der Waals surface area (Å²) < 4.78 is 0. The van der Waals surface area contributed by atoms with Gasteiger partial charge in [-0.25, -0.2) is 15.0 Å². The van der Waals surface area contributed by atoms with Crippen LogP contribution in [0.25, 0.3) is 10.6 Å². The Morgan fingerprint density at radius 1 is 1.25 bits per heavy atom. The maximum atomic E-state index is 10.7. The van der Waals surface area contributed by atoms with Crippen molar-refractivity contribution < 1.29 is 9.90 Å². The number of anilines is 3. The number of aromatic nitrogens is 3. The van der Waals surface area contributed by atoms with Crippen LogP contribution in [0.4, 0.5) is 16.8 Å². The highest BCUT2D eigenvalue weighted by atomic mass is 32.1. The van der Waals surface area contributed by atoms with Crippen molar-refractivity contribution in [3.8, 4) is 10.6 Å². The van der Waals surface area contributed by atoms with E-state index in [0.717, 1.165) is 71.7 Å². The minimum absolute atomic E-state index is 0.271. The Labute approximate surface area is 192 Å². The van der Waals surface area contributed by atoms with E-state index in [9.17, 15) is 4.79 Å². The van der Waals surface area contributed by atoms with Gasteiger partial charge in [0.1, 0.15) is 11.6 Å². The van der Waals surface area contributed by atoms with E-state index in [2.05, 4.69) is 20.2 Å². The monoisotopic (exact) mass is 451 g/mol. The van der Waals surface area contributed by atoms with Crippen LogP contribution in [-0.4, -0.2) is 39.1 Å². The Hall–Kier alpha value is -3.00. The molecule has 0 bridgehead atoms. The molecule has 1 aliphatic heterocycles. The topological polar surface area (TPSA) is 91.2 Å². The summed E-state index contributed by atoms with van der Waals surface area (Å²) in [6.45, 7) is 4.05. The predicted octanol–water partition coefficient (Wildman–Crippen LogP) is 5.51. The molecule has 7 nitrogen and oxygen atoms in total. The van der Waals surface area contributed by atoms with Crippen molar-refractivity contribution in [2.75, 3.05) is 23.3 Å². The number of unbranched alkanes of at least 4 members (excludes halogenated alkanes) is 1. The molecule has 4 heterocycles. The zero-order chi connectivity index (χ0) is 22.3. The van der Waals surface area contributed by atoms with E-state index in [1.807, 2.05) is 43.5 Å². The average Bonchev–Trinajstić information content (AvgIpc) is 3.28. The normalized spacial score (nSPS) is 16.2. The highest BCUT2D eigenvalue weighted by molar-refractivity contribution is 7.18. The first-order valence-electron chi connectivity index (χ1n) is 11.2. The number of carboxylic acid groups (broad SMARTS) is 1. The Kier molecular flexibility index (Phi) is 7.32. The second kappa shape index (κ2) is 10.5. The first-order chi connectivity index (χ1) is 15.6. The summed E-state index contributed by atoms with van der Waals surface area (Å²) in [7, 11) is 0. The van der Waals surface area contributed by atoms with E-state index >= 15 is 0 Å². The van der Waals surface area contributed by atoms with Gasteiger partial charge in [0.2, 0.25) is 0 Å². The number of nitrogens with one attached hydrogen (secondary N) is 1. The van der Waals surface area contributed by atoms with Crippen LogP contribution in [0, 0.1) is 12.8 Å². The summed E-state index contributed by atoms with van der Waals surface area (Å²) >= 11 is 1.68. The Balaban J connectivity index is 1.38. The molecule has 3 aromatic heterocycles. The molecule has 1 atom stereocenters. The summed E-state index contributed by atoms with van der Waals surface area (Å²) in [5.41, 5.74) is 2.04. The van der Waals surface area contributed by atoms with Gasteiger partial charge >= 0.3 is 5.97 Å². The van der Waals surface area contributed by atoms with Crippen LogP contribution in [0.15, 0.2) is 42.7 Å². The number of piperidine rings is 1. The Morgan fingerprint density at radius 2 is 2.16 bits per heavy atom. The van der Waals surface area contributed by atoms with Gasteiger partial charge in [-0.05, 0) is 68.4 Å². The van der Waals surface area contributed by atoms with E-state index in [4.69, 9.17) is 10.1 Å². The van der Waals surface area contributed by atoms with Gasteiger partial charge in [0, 0.05) is 31.9 Å². The highest BCUT2D eigenvalue weighted by Gasteiger charge is 2.22. The van der Waals surface area contributed by atoms with Crippen LogP contribution < -0.4 is 10.2 Å². The molecule has 0 amide bonds. The number of pyridine rings is 2. The molecule has 1 unspecified atom stereocenters. The lowest BCUT2D eigenvalue weighted by Crippen LogP contribution is -2.35. The molecule has 8 heteroatoms. The summed E-state index contributed by atoms with van der Waals surface area (Å²) in [5, 5.41) is 13.1. The second-order valence-electron chi connectivity index (χ2n) is 8.35. The van der Waals surface area contributed by atoms with Gasteiger partial charge in [-0.3, -0.25) is 4.79 Å². The molecule has 1 fully saturated rings. The lowest BCUT2D eigenvalue weighted by molar-refractivity contribution is -0.137. The van der Waals surface area contributed by atoms with Crippen LogP contribution in [0.2, 0.25) is 0 Å². The molecule has 1 saturated heterocycles. The molecule has 0 aromatic carbocycles. The molecular formula is C24H29N5O2S. The summed E-state index contributed by atoms with van der Waals surface area (Å²) in [5.74, 6) is 1.45. The maximum absolute atomic E-state index is 10.7. The Morgan fingerprint density at radius 3 is 3.00 bits per heavy atom. The SMILES string of the molecule is Cc1ccnc(Nc2cccc(-c3cnc(N4CCCC(CCCCC(=O)O)C4)s3)n2)c1. The first kappa shape index (κ1) is 22.2. The Bertz CT molecular complexity index is 1050. The third kappa shape index (κ3) is 6.03. The molecule has 0 spiro atoms. The fourth-order valence-corrected chi connectivity index (χ4v) is 5.01. The van der Waals surface area contributed by atoms with Crippen molar-refractivity contribution in [3.05, 3.63) is 48.3 Å². The van der Waals surface area contributed by atoms with E-state index in [0.29, 0.717) is 5.92 Å². The molecule has 0 aliphatic carbocycles. The van der Waals surface area contributed by atoms with E-state index in [-0.39, 0.29) is 6.42 Å². The smallest absolute Gasteiger partial charge is 0.303 e. The van der Waals surface area contributed by atoms with E-state index in [1.165, 1.54) is 6.42 Å². The van der Waals surface area contributed by atoms with Gasteiger partial charge in [-0.15, -0.1) is 0 Å². The quantitative estimate of drug-likeness (QED) is 0.414. The number of thiazole rings is 1. The van der Waals surface area contributed by atoms with Gasteiger partial charge in [0.05, 0.1) is 10.6 Å². The number of aliphatic carboxylic acids is 1. The first-order valence-corrected chi connectivity index (χ1v) is 12.0. The minimum atomic E-state index is -0.700. The van der Waals surface area contributed by atoms with Gasteiger partial charge in [0.25, 0.3) is 0 Å². The van der Waals surface area contributed by atoms with Gasteiger partial charge < -0.3 is 15.3 Å². The predicted molar refractivity (Wildman–Crippen MR) is 129 cm³/mol. The number of hydrogen-bond acceptors (Lipinski definition) is 7. The molecule has 3 aromatic rings. The standard InChI is InChI=1S/C24H29N5O2S/c1-17-11-12-25-22(14-17)28-21-9-4-8-19(27-21)20-15-26-24(32-20)29-13-5-7-18(16-29)6-2-3-10-23(30)31/h4,8-9,11-12,14-15,18H,2-3,5-7,10,13,16H2,1H3,(H,30,31)(H,25,27,28). The third-order valence-corrected chi connectivity index (χ3v) is 6.79. The van der Waals surface area contributed by atoms with Crippen molar-refractivity contribution in [1.82, 2.24) is 15.0 Å². The number of aryl methyl sites for hydroxylation is 1. The second-order valence-corrected chi connectivity index (χ2v) is 9.36. The van der Waals surface area contributed by atoms with Crippen molar-refractivity contribution in [2.45, 2.75) is 45.4 Å². The number of hydrogen-bond donors (Lipinski definition) is 2. The van der Waals surface area contributed by atoms with E-state index < -0.39 is 5.97 Å². The lowest BCUT2D eigenvalue weighted by atomic mass is 9.93. The highest BCUT2D eigenvalue weighted by Crippen LogP contribution is 2.34. The lowest BCUT2D eigenvalue weighted by Gasteiger charge is -2.32. The number of rotatable bonds is 9. The van der Waals surface area contributed by atoms with Gasteiger partial charge in [0.15, 0.2) is 5.13 Å². The zero-order valence-electron chi connectivity index (χ0n) is 18.3. The molecule has 168 valence electrons. The zero-order valence-corrected chi connectivity index (χ0v) is 19.1. The van der Waals surface area contributed by atoms with Crippen LogP contribution in [0.1, 0.15) is 44.1 Å². The fraction of sp³-hybridized carbons (Fsp3) is 0.417. The van der Waals surface area contributed by atoms with E-state index in [1.54, 1.807) is 17.5 Å². The van der Waals surface area contributed by atoms with Gasteiger partial charge in [-0.1, -0.05) is 23.8 Å². The number of carboxylic acids is 1. The minimum Gasteiger partial charge on any atom is -0.481 e. The fourth-order valence-electron chi connectivity index (χ4n) is 4.09. The average molecular weight is 452 g/mol. The molecule has 0 radical (unpaired) electrons. The number of carbonyl (C=O) groups is 1. The molecule has 2 N–H and O–H groups in total. The van der Waals surface area contributed by atoms with Crippen molar-refractivity contribution >= 4 is 34.1 Å². The van der Waals surface area contributed by atoms with Crippen LogP contribution in [0.3, 0.4) is 0 Å². The van der Waals surface area contributed by atoms with Crippen LogP contribution in [-0.2, 0) is 4.79 Å². The third-order valence-electron chi connectivity index (χ3n) is 5.71. The molecule has 4 rings (SSSR count). The summed E-state index contributed by atoms with van der Waals surface area (Å²) in [6, 6.07) is 9.90. The number of nitrogens with zero attached hydrogens (tertiary/aromatic N) is 4. The molecule has 0 saturated carbocycles. The molecule has 1 aliphatic rings. The van der Waals surface area contributed by atoms with Crippen molar-refractivity contribution in [1.29, 1.82) is 0 Å². The van der Waals surface area contributed by atoms with Crippen molar-refractivity contribution in [2.24, 2.45) is 5.92 Å². The van der Waals surface area contributed by atoms with Crippen LogP contribution >= 0.6 is 11.3 Å². The maximum Gasteiger partial charge on any atom is 0.303 e. The summed E-state index contributed by atoms with van der Waals surface area (Å²) in [6.07, 6.45) is 9.17. The largest absolute Gasteiger partial charge is 0.481 e. The van der Waals surface area contributed by atoms with Crippen LogP contribution in [0.5, 0.6) is 0 Å². The van der Waals surface area contributed by atoms with Crippen molar-refractivity contribution in [3.63, 3.8) is 0 Å².